The van der Waals surface area contributed by atoms with E-state index in [1.807, 2.05) is 0 Å². The number of rotatable bonds is 1. The van der Waals surface area contributed by atoms with Gasteiger partial charge in [0, 0.05) is 22.6 Å². The third-order valence-electron chi connectivity index (χ3n) is 2.91. The molecule has 14 heavy (non-hydrogen) atoms. The molecule has 0 aliphatic heterocycles. The first-order valence-electron chi connectivity index (χ1n) is 4.34. The van der Waals surface area contributed by atoms with Crippen molar-refractivity contribution in [2.24, 2.45) is 17.8 Å². The summed E-state index contributed by atoms with van der Waals surface area (Å²) in [5.74, 6) is -3.75. The number of ketones is 3. The normalized spacial score (nSPS) is 36.4. The van der Waals surface area contributed by atoms with Crippen molar-refractivity contribution in [2.45, 2.75) is 12.8 Å². The zero-order valence-corrected chi connectivity index (χ0v) is 9.31. The summed E-state index contributed by atoms with van der Waals surface area (Å²) in [7, 11) is 0. The van der Waals surface area contributed by atoms with E-state index < -0.39 is 33.1 Å². The van der Waals surface area contributed by atoms with E-state index >= 15 is 0 Å². The molecule has 5 heteroatoms. The Kier molecular flexibility index (Phi) is 2.29. The van der Waals surface area contributed by atoms with Crippen molar-refractivity contribution in [3.63, 3.8) is 0 Å². The lowest BCUT2D eigenvalue weighted by Crippen LogP contribution is -2.45. The number of hydrogen-bond acceptors (Lipinski definition) is 4. The molecule has 2 unspecified atom stereocenters. The minimum Gasteiger partial charge on any atom is -0.298 e. The van der Waals surface area contributed by atoms with Crippen LogP contribution in [-0.2, 0) is 19.2 Å². The topological polar surface area (TPSA) is 68.3 Å². The SMILES string of the molecule is O=C1C2CCC1C(=O)C(C(=O)I)C2=O. The molecular weight excluding hydrogens is 299 g/mol. The van der Waals surface area contributed by atoms with Crippen molar-refractivity contribution in [3.05, 3.63) is 0 Å². The molecule has 2 bridgehead atoms. The van der Waals surface area contributed by atoms with Gasteiger partial charge in [-0.25, -0.2) is 0 Å². The lowest BCUT2D eigenvalue weighted by atomic mass is 9.78. The van der Waals surface area contributed by atoms with E-state index in [4.69, 9.17) is 0 Å². The Morgan fingerprint density at radius 3 is 1.79 bits per heavy atom. The number of fused-ring (bicyclic) bond motifs is 2. The third-order valence-corrected chi connectivity index (χ3v) is 3.54. The van der Waals surface area contributed by atoms with Crippen LogP contribution >= 0.6 is 22.6 Å². The average molecular weight is 306 g/mol. The summed E-state index contributed by atoms with van der Waals surface area (Å²) >= 11 is 1.46. The molecule has 2 saturated carbocycles. The Labute approximate surface area is 93.6 Å². The van der Waals surface area contributed by atoms with Crippen molar-refractivity contribution in [3.8, 4) is 0 Å². The minimum atomic E-state index is -1.16. The second-order valence-corrected chi connectivity index (χ2v) is 4.69. The predicted molar refractivity (Wildman–Crippen MR) is 53.8 cm³/mol. The highest BCUT2D eigenvalue weighted by molar-refractivity contribution is 14.1. The minimum absolute atomic E-state index is 0.270. The first-order chi connectivity index (χ1) is 6.54. The first-order valence-corrected chi connectivity index (χ1v) is 5.42. The molecule has 2 fully saturated rings. The maximum absolute atomic E-state index is 11.6. The summed E-state index contributed by atoms with van der Waals surface area (Å²) in [6.45, 7) is 0. The number of carbonyl (C=O) groups is 4. The van der Waals surface area contributed by atoms with Crippen molar-refractivity contribution in [1.29, 1.82) is 0 Å². The maximum Gasteiger partial charge on any atom is 0.210 e. The van der Waals surface area contributed by atoms with Gasteiger partial charge in [0.2, 0.25) is 3.79 Å². The Morgan fingerprint density at radius 2 is 1.43 bits per heavy atom. The van der Waals surface area contributed by atoms with E-state index in [0.29, 0.717) is 12.8 Å². The van der Waals surface area contributed by atoms with E-state index in [1.165, 1.54) is 22.6 Å². The lowest BCUT2D eigenvalue weighted by Gasteiger charge is -2.21. The number of carbonyl (C=O) groups excluding carboxylic acids is 4. The summed E-state index contributed by atoms with van der Waals surface area (Å²) in [6.07, 6.45) is 0.878. The molecule has 2 rings (SSSR count). The molecule has 0 aromatic carbocycles. The fourth-order valence-corrected chi connectivity index (χ4v) is 2.81. The highest BCUT2D eigenvalue weighted by Crippen LogP contribution is 2.38. The Morgan fingerprint density at radius 1 is 1.00 bits per heavy atom. The van der Waals surface area contributed by atoms with E-state index in [0.717, 1.165) is 0 Å². The van der Waals surface area contributed by atoms with E-state index in [1.54, 1.807) is 0 Å². The summed E-state index contributed by atoms with van der Waals surface area (Å²) < 4.78 is -0.456. The van der Waals surface area contributed by atoms with E-state index in [-0.39, 0.29) is 5.78 Å². The zero-order chi connectivity index (χ0) is 10.5. The molecule has 0 radical (unpaired) electrons. The van der Waals surface area contributed by atoms with Gasteiger partial charge in [0.15, 0.2) is 17.3 Å². The predicted octanol–water partition coefficient (Wildman–Crippen LogP) is 0.311. The second-order valence-electron chi connectivity index (χ2n) is 3.63. The van der Waals surface area contributed by atoms with Gasteiger partial charge in [0.25, 0.3) is 0 Å². The molecule has 0 heterocycles. The van der Waals surface area contributed by atoms with Crippen LogP contribution in [-0.4, -0.2) is 21.1 Å². The number of halogens is 1. The van der Waals surface area contributed by atoms with Gasteiger partial charge in [-0.05, 0) is 12.8 Å². The van der Waals surface area contributed by atoms with Crippen molar-refractivity contribution in [1.82, 2.24) is 0 Å². The lowest BCUT2D eigenvalue weighted by molar-refractivity contribution is -0.147. The molecule has 4 nitrogen and oxygen atoms in total. The molecule has 0 aromatic heterocycles. The molecule has 0 spiro atoms. The molecular formula is C9H7IO4. The largest absolute Gasteiger partial charge is 0.298 e. The summed E-state index contributed by atoms with van der Waals surface area (Å²) in [6, 6.07) is 0. The quantitative estimate of drug-likeness (QED) is 0.397. The van der Waals surface area contributed by atoms with Gasteiger partial charge in [0.1, 0.15) is 5.92 Å². The number of Topliss-reactive ketones (excluding diaryl/α,β-unsaturated/α-hetero) is 3. The van der Waals surface area contributed by atoms with Crippen molar-refractivity contribution in [2.75, 3.05) is 0 Å². The highest BCUT2D eigenvalue weighted by atomic mass is 127. The standard InChI is InChI=1S/C9H7IO4/c10-9(14)5-7(12)3-1-2-4(6(3)11)8(5)13/h3-5H,1-2H2. The molecule has 0 N–H and O–H groups in total. The van der Waals surface area contributed by atoms with Crippen LogP contribution < -0.4 is 0 Å². The highest BCUT2D eigenvalue weighted by Gasteiger charge is 2.54. The molecule has 2 aliphatic carbocycles. The van der Waals surface area contributed by atoms with Gasteiger partial charge < -0.3 is 0 Å². The van der Waals surface area contributed by atoms with Crippen molar-refractivity contribution < 1.29 is 19.2 Å². The second kappa shape index (κ2) is 3.22. The van der Waals surface area contributed by atoms with Crippen LogP contribution in [0.5, 0.6) is 0 Å². The number of hydrogen-bond donors (Lipinski definition) is 0. The smallest absolute Gasteiger partial charge is 0.210 e. The van der Waals surface area contributed by atoms with Crippen LogP contribution in [0, 0.1) is 17.8 Å². The van der Waals surface area contributed by atoms with E-state index in [9.17, 15) is 19.2 Å². The zero-order valence-electron chi connectivity index (χ0n) is 7.16. The summed E-state index contributed by atoms with van der Waals surface area (Å²) in [4.78, 5) is 45.7. The van der Waals surface area contributed by atoms with Crippen LogP contribution in [0.1, 0.15) is 12.8 Å². The molecule has 0 saturated heterocycles. The Balaban J connectivity index is 2.42. The van der Waals surface area contributed by atoms with Gasteiger partial charge in [-0.15, -0.1) is 0 Å². The average Bonchev–Trinajstić information content (AvgIpc) is 2.39. The molecule has 0 amide bonds. The monoisotopic (exact) mass is 306 g/mol. The summed E-state index contributed by atoms with van der Waals surface area (Å²) in [5, 5.41) is 0. The Bertz CT molecular complexity index is 334. The van der Waals surface area contributed by atoms with Gasteiger partial charge in [0.05, 0.1) is 11.8 Å². The Hall–Kier alpha value is -0.590. The van der Waals surface area contributed by atoms with E-state index in [2.05, 4.69) is 0 Å². The van der Waals surface area contributed by atoms with Gasteiger partial charge in [-0.2, -0.15) is 0 Å². The van der Waals surface area contributed by atoms with Crippen LogP contribution in [0.3, 0.4) is 0 Å². The van der Waals surface area contributed by atoms with Gasteiger partial charge >= 0.3 is 0 Å². The summed E-state index contributed by atoms with van der Waals surface area (Å²) in [5.41, 5.74) is 0. The fourth-order valence-electron chi connectivity index (χ4n) is 2.19. The van der Waals surface area contributed by atoms with Crippen LogP contribution in [0.4, 0.5) is 0 Å². The molecule has 74 valence electrons. The molecule has 2 atom stereocenters. The fraction of sp³-hybridized carbons (Fsp3) is 0.556. The molecule has 2 aliphatic rings. The van der Waals surface area contributed by atoms with Crippen molar-refractivity contribution >= 4 is 43.7 Å². The first kappa shape index (κ1) is 9.95. The molecule has 0 aromatic rings. The van der Waals surface area contributed by atoms with Crippen LogP contribution in [0.2, 0.25) is 0 Å². The van der Waals surface area contributed by atoms with Crippen LogP contribution in [0.15, 0.2) is 0 Å². The van der Waals surface area contributed by atoms with Gasteiger partial charge in [-0.1, -0.05) is 0 Å². The van der Waals surface area contributed by atoms with Crippen LogP contribution in [0.25, 0.3) is 0 Å². The third kappa shape index (κ3) is 1.18. The maximum atomic E-state index is 11.6. The van der Waals surface area contributed by atoms with Gasteiger partial charge in [-0.3, -0.25) is 19.2 Å².